The summed E-state index contributed by atoms with van der Waals surface area (Å²) >= 11 is 0. The van der Waals surface area contributed by atoms with Gasteiger partial charge in [-0.25, -0.2) is 4.99 Å². The number of hydrogen-bond donors (Lipinski definition) is 1. The van der Waals surface area contributed by atoms with E-state index in [9.17, 15) is 0 Å². The molecule has 1 aliphatic heterocycles. The van der Waals surface area contributed by atoms with E-state index in [0.29, 0.717) is 12.3 Å². The van der Waals surface area contributed by atoms with Crippen molar-refractivity contribution in [2.24, 2.45) is 10.7 Å². The van der Waals surface area contributed by atoms with Crippen molar-refractivity contribution >= 4 is 17.6 Å². The van der Waals surface area contributed by atoms with Crippen LogP contribution in [-0.4, -0.2) is 5.84 Å². The van der Waals surface area contributed by atoms with Crippen LogP contribution in [0.4, 0.5) is 5.69 Å². The van der Waals surface area contributed by atoms with Gasteiger partial charge in [-0.1, -0.05) is 87.4 Å². The Hall–Kier alpha value is -2.87. The molecule has 30 heavy (non-hydrogen) atoms. The quantitative estimate of drug-likeness (QED) is 0.340. The average molecular weight is 399 g/mol. The summed E-state index contributed by atoms with van der Waals surface area (Å²) in [5.74, 6) is 0.662. The third kappa shape index (κ3) is 6.06. The van der Waals surface area contributed by atoms with Gasteiger partial charge in [-0.15, -0.1) is 0 Å². The zero-order valence-corrected chi connectivity index (χ0v) is 18.5. The second-order valence-electron chi connectivity index (χ2n) is 8.16. The number of aliphatic imine (C=N–C) groups is 1. The molecule has 0 amide bonds. The molecule has 3 rings (SSSR count). The Labute approximate surface area is 181 Å². The molecule has 1 heterocycles. The molecule has 0 saturated carbocycles. The highest BCUT2D eigenvalue weighted by Gasteiger charge is 2.10. The molecule has 0 spiro atoms. The number of hydrogen-bond acceptors (Lipinski definition) is 2. The van der Waals surface area contributed by atoms with Crippen LogP contribution in [0.5, 0.6) is 0 Å². The lowest BCUT2D eigenvalue weighted by molar-refractivity contribution is 0.706. The van der Waals surface area contributed by atoms with Crippen LogP contribution in [0.3, 0.4) is 0 Å². The molecule has 2 aromatic rings. The third-order valence-electron chi connectivity index (χ3n) is 5.46. The predicted octanol–water partition coefficient (Wildman–Crippen LogP) is 7.77. The SMILES string of the molecule is C=C(CCCCC)Cc1ccc(-c2ccc3c(c2)N=C(N)CC(/C=C/CC)=C3)cc1. The van der Waals surface area contributed by atoms with E-state index in [1.807, 2.05) is 0 Å². The van der Waals surface area contributed by atoms with E-state index in [0.717, 1.165) is 30.5 Å². The fourth-order valence-electron chi connectivity index (χ4n) is 3.79. The highest BCUT2D eigenvalue weighted by molar-refractivity contribution is 5.91. The molecule has 0 aromatic heterocycles. The van der Waals surface area contributed by atoms with Crippen LogP contribution in [0.15, 0.2) is 77.3 Å². The van der Waals surface area contributed by atoms with Crippen molar-refractivity contribution in [2.45, 2.75) is 58.8 Å². The Balaban J connectivity index is 1.76. The van der Waals surface area contributed by atoms with Gasteiger partial charge in [0.25, 0.3) is 0 Å². The molecule has 0 radical (unpaired) electrons. The van der Waals surface area contributed by atoms with E-state index < -0.39 is 0 Å². The first-order chi connectivity index (χ1) is 14.6. The minimum absolute atomic E-state index is 0.662. The maximum Gasteiger partial charge on any atom is 0.104 e. The first kappa shape index (κ1) is 21.8. The van der Waals surface area contributed by atoms with E-state index in [1.165, 1.54) is 47.1 Å². The summed E-state index contributed by atoms with van der Waals surface area (Å²) in [5, 5.41) is 0. The van der Waals surface area contributed by atoms with Gasteiger partial charge in [-0.3, -0.25) is 0 Å². The van der Waals surface area contributed by atoms with Gasteiger partial charge < -0.3 is 5.73 Å². The van der Waals surface area contributed by atoms with Gasteiger partial charge in [-0.05, 0) is 60.1 Å². The van der Waals surface area contributed by atoms with E-state index in [2.05, 4.69) is 86.1 Å². The molecule has 0 unspecified atom stereocenters. The smallest absolute Gasteiger partial charge is 0.104 e. The Morgan fingerprint density at radius 1 is 1.07 bits per heavy atom. The molecule has 2 N–H and O–H groups in total. The monoisotopic (exact) mass is 398 g/mol. The highest BCUT2D eigenvalue weighted by Crippen LogP contribution is 2.32. The average Bonchev–Trinajstić information content (AvgIpc) is 2.89. The second kappa shape index (κ2) is 10.8. The summed E-state index contributed by atoms with van der Waals surface area (Å²) in [5.41, 5.74) is 14.5. The van der Waals surface area contributed by atoms with Gasteiger partial charge in [0.05, 0.1) is 5.69 Å². The predicted molar refractivity (Wildman–Crippen MR) is 132 cm³/mol. The van der Waals surface area contributed by atoms with E-state index in [-0.39, 0.29) is 0 Å². The fourth-order valence-corrected chi connectivity index (χ4v) is 3.79. The maximum atomic E-state index is 6.18. The van der Waals surface area contributed by atoms with E-state index in [1.54, 1.807) is 0 Å². The largest absolute Gasteiger partial charge is 0.387 e. The van der Waals surface area contributed by atoms with Crippen LogP contribution in [0.1, 0.15) is 63.5 Å². The molecule has 156 valence electrons. The van der Waals surface area contributed by atoms with Gasteiger partial charge in [0, 0.05) is 12.0 Å². The van der Waals surface area contributed by atoms with Crippen LogP contribution in [-0.2, 0) is 6.42 Å². The Morgan fingerprint density at radius 3 is 2.57 bits per heavy atom. The van der Waals surface area contributed by atoms with Crippen molar-refractivity contribution in [3.63, 3.8) is 0 Å². The summed E-state index contributed by atoms with van der Waals surface area (Å²) in [6.07, 6.45) is 14.1. The normalized spacial score (nSPS) is 13.5. The zero-order chi connectivity index (χ0) is 21.3. The lowest BCUT2D eigenvalue weighted by atomic mass is 9.97. The lowest BCUT2D eigenvalue weighted by Gasteiger charge is -2.09. The molecule has 2 nitrogen and oxygen atoms in total. The second-order valence-corrected chi connectivity index (χ2v) is 8.16. The number of fused-ring (bicyclic) bond motifs is 1. The summed E-state index contributed by atoms with van der Waals surface area (Å²) in [6, 6.07) is 15.3. The minimum atomic E-state index is 0.662. The van der Waals surface area contributed by atoms with Crippen LogP contribution in [0, 0.1) is 0 Å². The summed E-state index contributed by atoms with van der Waals surface area (Å²) in [4.78, 5) is 4.67. The summed E-state index contributed by atoms with van der Waals surface area (Å²) in [6.45, 7) is 8.63. The standard InChI is InChI=1S/C28H34N2/c1-4-6-8-9-21(3)17-22-11-13-24(14-12-22)25-15-16-26-18-23(10-7-5-2)19-28(29)30-27(26)20-25/h7,10-16,18,20H,3-6,8-9,17,19H2,1-2H3,(H2,29,30)/b10-7+. The topological polar surface area (TPSA) is 38.4 Å². The van der Waals surface area contributed by atoms with Crippen LogP contribution in [0.2, 0.25) is 0 Å². The first-order valence-electron chi connectivity index (χ1n) is 11.2. The molecule has 2 heteroatoms. The molecular formula is C28H34N2. The number of nitrogens with zero attached hydrogens (tertiary/aromatic N) is 1. The van der Waals surface area contributed by atoms with E-state index in [4.69, 9.17) is 5.73 Å². The van der Waals surface area contributed by atoms with Gasteiger partial charge in [0.2, 0.25) is 0 Å². The number of amidine groups is 1. The van der Waals surface area contributed by atoms with Gasteiger partial charge in [-0.2, -0.15) is 0 Å². The number of nitrogens with two attached hydrogens (primary N) is 1. The Morgan fingerprint density at radius 2 is 1.83 bits per heavy atom. The van der Waals surface area contributed by atoms with Crippen molar-refractivity contribution in [3.8, 4) is 11.1 Å². The molecule has 0 aliphatic carbocycles. The Kier molecular flexibility index (Phi) is 7.84. The molecule has 1 aliphatic rings. The number of benzene rings is 2. The number of rotatable bonds is 9. The van der Waals surface area contributed by atoms with Crippen LogP contribution in [0.25, 0.3) is 17.2 Å². The van der Waals surface area contributed by atoms with E-state index >= 15 is 0 Å². The van der Waals surface area contributed by atoms with Crippen molar-refractivity contribution in [2.75, 3.05) is 0 Å². The van der Waals surface area contributed by atoms with Crippen LogP contribution < -0.4 is 5.73 Å². The lowest BCUT2D eigenvalue weighted by Crippen LogP contribution is -2.10. The number of unbranched alkanes of at least 4 members (excludes halogenated alkanes) is 2. The minimum Gasteiger partial charge on any atom is -0.387 e. The molecular weight excluding hydrogens is 364 g/mol. The summed E-state index contributed by atoms with van der Waals surface area (Å²) in [7, 11) is 0. The van der Waals surface area contributed by atoms with Gasteiger partial charge in [0.15, 0.2) is 0 Å². The molecule has 0 bridgehead atoms. The van der Waals surface area contributed by atoms with Gasteiger partial charge >= 0.3 is 0 Å². The van der Waals surface area contributed by atoms with Crippen molar-refractivity contribution in [1.29, 1.82) is 0 Å². The van der Waals surface area contributed by atoms with Crippen molar-refractivity contribution in [3.05, 3.63) is 83.5 Å². The highest BCUT2D eigenvalue weighted by atomic mass is 14.9. The molecule has 2 aromatic carbocycles. The van der Waals surface area contributed by atoms with Crippen LogP contribution >= 0.6 is 0 Å². The molecule has 0 fully saturated rings. The van der Waals surface area contributed by atoms with Crippen molar-refractivity contribution < 1.29 is 0 Å². The molecule has 0 atom stereocenters. The zero-order valence-electron chi connectivity index (χ0n) is 18.5. The third-order valence-corrected chi connectivity index (χ3v) is 5.46. The molecule has 0 saturated heterocycles. The summed E-state index contributed by atoms with van der Waals surface area (Å²) < 4.78 is 0. The maximum absolute atomic E-state index is 6.18. The fraction of sp³-hybridized carbons (Fsp3) is 0.321. The first-order valence-corrected chi connectivity index (χ1v) is 11.2. The van der Waals surface area contributed by atoms with Crippen molar-refractivity contribution in [1.82, 2.24) is 0 Å². The Bertz CT molecular complexity index is 959. The van der Waals surface area contributed by atoms with Gasteiger partial charge in [0.1, 0.15) is 5.84 Å². The number of allylic oxidation sites excluding steroid dienone is 3.